The number of ether oxygens (including phenoxy) is 2. The second kappa shape index (κ2) is 7.23. The van der Waals surface area contributed by atoms with Gasteiger partial charge in [0.05, 0.1) is 33.1 Å². The molecule has 0 N–H and O–H groups in total. The number of carbonyl (C=O) groups excluding carboxylic acids is 2. The second-order valence-electron chi connectivity index (χ2n) is 3.49. The van der Waals surface area contributed by atoms with Crippen molar-refractivity contribution in [1.82, 2.24) is 4.90 Å². The highest BCUT2D eigenvalue weighted by molar-refractivity contribution is 7.90. The summed E-state index contributed by atoms with van der Waals surface area (Å²) in [5, 5.41) is 0. The second-order valence-corrected chi connectivity index (χ2v) is 5.75. The third-order valence-electron chi connectivity index (χ3n) is 1.94. The number of sulfone groups is 1. The molecule has 0 spiro atoms. The predicted molar refractivity (Wildman–Crippen MR) is 60.2 cm³/mol. The SMILES string of the molecule is COC(=O)CN(CCS(C)(=O)=O)CC(=O)OC. The Bertz CT molecular complexity index is 346. The topological polar surface area (TPSA) is 90.0 Å². The standard InChI is InChI=1S/C9H17NO6S/c1-15-8(11)6-10(7-9(12)16-2)4-5-17(3,13)14/h4-7H2,1-3H3. The maximum atomic E-state index is 11.1. The lowest BCUT2D eigenvalue weighted by Gasteiger charge is -2.18. The largest absolute Gasteiger partial charge is 0.468 e. The lowest BCUT2D eigenvalue weighted by molar-refractivity contribution is -0.145. The van der Waals surface area contributed by atoms with Crippen LogP contribution in [0.1, 0.15) is 0 Å². The monoisotopic (exact) mass is 267 g/mol. The molecule has 0 heterocycles. The van der Waals surface area contributed by atoms with E-state index in [1.165, 1.54) is 19.1 Å². The average molecular weight is 267 g/mol. The quantitative estimate of drug-likeness (QED) is 0.528. The van der Waals surface area contributed by atoms with Crippen LogP contribution in [-0.4, -0.2) is 71.1 Å². The van der Waals surface area contributed by atoms with Gasteiger partial charge in [0.2, 0.25) is 0 Å². The lowest BCUT2D eigenvalue weighted by Crippen LogP contribution is -2.38. The summed E-state index contributed by atoms with van der Waals surface area (Å²) in [5.74, 6) is -1.22. The van der Waals surface area contributed by atoms with E-state index in [1.54, 1.807) is 0 Å². The number of carbonyl (C=O) groups is 2. The summed E-state index contributed by atoms with van der Waals surface area (Å²) in [5.41, 5.74) is 0. The molecule has 0 rings (SSSR count). The van der Waals surface area contributed by atoms with Crippen molar-refractivity contribution in [3.8, 4) is 0 Å². The maximum absolute atomic E-state index is 11.1. The molecule has 100 valence electrons. The molecule has 0 atom stereocenters. The molecule has 7 nitrogen and oxygen atoms in total. The molecule has 0 aliphatic carbocycles. The molecule has 0 aromatic heterocycles. The number of nitrogens with zero attached hydrogens (tertiary/aromatic N) is 1. The molecule has 17 heavy (non-hydrogen) atoms. The van der Waals surface area contributed by atoms with Crippen LogP contribution < -0.4 is 0 Å². The minimum Gasteiger partial charge on any atom is -0.468 e. The Morgan fingerprint density at radius 1 is 1.06 bits per heavy atom. The number of methoxy groups -OCH3 is 2. The molecule has 0 saturated heterocycles. The van der Waals surface area contributed by atoms with Crippen LogP contribution in [0.5, 0.6) is 0 Å². The van der Waals surface area contributed by atoms with Gasteiger partial charge in [0, 0.05) is 12.8 Å². The van der Waals surface area contributed by atoms with Crippen LogP contribution in [0.25, 0.3) is 0 Å². The molecule has 0 saturated carbocycles. The summed E-state index contributed by atoms with van der Waals surface area (Å²) in [7, 11) is -0.715. The molecule has 0 aliphatic heterocycles. The Labute approximate surface area is 101 Å². The van der Waals surface area contributed by atoms with Gasteiger partial charge >= 0.3 is 11.9 Å². The van der Waals surface area contributed by atoms with Gasteiger partial charge in [-0.15, -0.1) is 0 Å². The van der Waals surface area contributed by atoms with Gasteiger partial charge in [0.25, 0.3) is 0 Å². The van der Waals surface area contributed by atoms with Gasteiger partial charge in [0.1, 0.15) is 9.84 Å². The van der Waals surface area contributed by atoms with E-state index in [0.717, 1.165) is 6.26 Å². The van der Waals surface area contributed by atoms with Gasteiger partial charge in [-0.1, -0.05) is 0 Å². The Hall–Kier alpha value is -1.15. The van der Waals surface area contributed by atoms with Crippen molar-refractivity contribution in [3.05, 3.63) is 0 Å². The fraction of sp³-hybridized carbons (Fsp3) is 0.778. The molecular weight excluding hydrogens is 250 g/mol. The smallest absolute Gasteiger partial charge is 0.319 e. The van der Waals surface area contributed by atoms with Crippen molar-refractivity contribution >= 4 is 21.8 Å². The Balaban J connectivity index is 4.39. The Morgan fingerprint density at radius 3 is 1.76 bits per heavy atom. The van der Waals surface area contributed by atoms with E-state index in [2.05, 4.69) is 9.47 Å². The van der Waals surface area contributed by atoms with E-state index in [0.29, 0.717) is 0 Å². The predicted octanol–water partition coefficient (Wildman–Crippen LogP) is -1.32. The third kappa shape index (κ3) is 8.64. The summed E-state index contributed by atoms with van der Waals surface area (Å²) in [6, 6.07) is 0. The number of hydrogen-bond donors (Lipinski definition) is 0. The first-order valence-electron chi connectivity index (χ1n) is 4.82. The summed E-state index contributed by atoms with van der Waals surface area (Å²) in [6.45, 7) is -0.231. The highest BCUT2D eigenvalue weighted by Gasteiger charge is 2.16. The van der Waals surface area contributed by atoms with Crippen LogP contribution in [0, 0.1) is 0 Å². The summed E-state index contributed by atoms with van der Waals surface area (Å²) >= 11 is 0. The van der Waals surface area contributed by atoms with Crippen LogP contribution >= 0.6 is 0 Å². The van der Waals surface area contributed by atoms with Gasteiger partial charge < -0.3 is 9.47 Å². The van der Waals surface area contributed by atoms with E-state index in [9.17, 15) is 18.0 Å². The molecule has 0 aromatic rings. The van der Waals surface area contributed by atoms with Gasteiger partial charge in [0.15, 0.2) is 0 Å². The van der Waals surface area contributed by atoms with Crippen LogP contribution in [0.15, 0.2) is 0 Å². The lowest BCUT2D eigenvalue weighted by atomic mass is 10.4. The van der Waals surface area contributed by atoms with Gasteiger partial charge in [-0.2, -0.15) is 0 Å². The molecule has 0 fully saturated rings. The van der Waals surface area contributed by atoms with E-state index < -0.39 is 21.8 Å². The van der Waals surface area contributed by atoms with E-state index >= 15 is 0 Å². The summed E-state index contributed by atoms with van der Waals surface area (Å²) in [4.78, 5) is 23.5. The molecule has 8 heteroatoms. The van der Waals surface area contributed by atoms with E-state index in [1.807, 2.05) is 0 Å². The first kappa shape index (κ1) is 15.9. The van der Waals surface area contributed by atoms with Crippen molar-refractivity contribution in [1.29, 1.82) is 0 Å². The molecule has 0 amide bonds. The van der Waals surface area contributed by atoms with E-state index in [4.69, 9.17) is 0 Å². The fourth-order valence-corrected chi connectivity index (χ4v) is 1.59. The maximum Gasteiger partial charge on any atom is 0.319 e. The Morgan fingerprint density at radius 2 is 1.47 bits per heavy atom. The minimum absolute atomic E-state index is 0.0725. The number of hydrogen-bond acceptors (Lipinski definition) is 7. The van der Waals surface area contributed by atoms with Crippen molar-refractivity contribution in [2.75, 3.05) is 45.9 Å². The van der Waals surface area contributed by atoms with Gasteiger partial charge in [-0.05, 0) is 0 Å². The minimum atomic E-state index is -3.15. The Kier molecular flexibility index (Phi) is 6.74. The number of rotatable bonds is 7. The normalized spacial score (nSPS) is 11.3. The zero-order chi connectivity index (χ0) is 13.5. The van der Waals surface area contributed by atoms with Crippen LogP contribution in [0.3, 0.4) is 0 Å². The zero-order valence-corrected chi connectivity index (χ0v) is 10.9. The summed E-state index contributed by atoms with van der Waals surface area (Å²) in [6.07, 6.45) is 1.08. The van der Waals surface area contributed by atoms with Crippen molar-refractivity contribution in [2.24, 2.45) is 0 Å². The van der Waals surface area contributed by atoms with Crippen LogP contribution in [0.2, 0.25) is 0 Å². The molecule has 0 aromatic carbocycles. The molecule has 0 aliphatic rings. The van der Waals surface area contributed by atoms with Crippen molar-refractivity contribution in [2.45, 2.75) is 0 Å². The average Bonchev–Trinajstić information content (AvgIpc) is 2.24. The first-order valence-corrected chi connectivity index (χ1v) is 6.88. The highest BCUT2D eigenvalue weighted by atomic mass is 32.2. The molecule has 0 bridgehead atoms. The first-order chi connectivity index (χ1) is 7.78. The molecule has 0 unspecified atom stereocenters. The highest BCUT2D eigenvalue weighted by Crippen LogP contribution is 1.94. The molecular formula is C9H17NO6S. The van der Waals surface area contributed by atoms with E-state index in [-0.39, 0.29) is 25.4 Å². The van der Waals surface area contributed by atoms with Gasteiger partial charge in [-0.25, -0.2) is 8.42 Å². The third-order valence-corrected chi connectivity index (χ3v) is 2.86. The fourth-order valence-electron chi connectivity index (χ4n) is 1.00. The number of esters is 2. The van der Waals surface area contributed by atoms with Crippen LogP contribution in [0.4, 0.5) is 0 Å². The van der Waals surface area contributed by atoms with Gasteiger partial charge in [-0.3, -0.25) is 14.5 Å². The summed E-state index contributed by atoms with van der Waals surface area (Å²) < 4.78 is 30.9. The van der Waals surface area contributed by atoms with Crippen molar-refractivity contribution < 1.29 is 27.5 Å². The van der Waals surface area contributed by atoms with Crippen molar-refractivity contribution in [3.63, 3.8) is 0 Å². The van der Waals surface area contributed by atoms with Crippen LogP contribution in [-0.2, 0) is 28.9 Å². The zero-order valence-electron chi connectivity index (χ0n) is 10.1. The molecule has 0 radical (unpaired) electrons.